The van der Waals surface area contributed by atoms with Gasteiger partial charge < -0.3 is 14.5 Å². The number of aryl methyl sites for hydroxylation is 2. The molecule has 0 atom stereocenters. The van der Waals surface area contributed by atoms with Gasteiger partial charge in [-0.15, -0.1) is 0 Å². The van der Waals surface area contributed by atoms with Crippen LogP contribution in [0.25, 0.3) is 10.8 Å². The topological polar surface area (TPSA) is 125 Å². The number of nitrogens with zero attached hydrogens (tertiary/aromatic N) is 2. The number of pyridine rings is 1. The van der Waals surface area contributed by atoms with Crippen molar-refractivity contribution < 1.29 is 19.1 Å². The Morgan fingerprint density at radius 3 is 2.56 bits per heavy atom. The summed E-state index contributed by atoms with van der Waals surface area (Å²) in [6, 6.07) is 7.77. The summed E-state index contributed by atoms with van der Waals surface area (Å²) in [7, 11) is -2.75. The second-order valence-electron chi connectivity index (χ2n) is 5.49. The van der Waals surface area contributed by atoms with E-state index in [1.807, 2.05) is 0 Å². The zero-order chi connectivity index (χ0) is 18.0. The predicted octanol–water partition coefficient (Wildman–Crippen LogP) is 0.915. The molecular formula is C16H16N3O5P. The van der Waals surface area contributed by atoms with Crippen LogP contribution in [0.3, 0.4) is 0 Å². The minimum absolute atomic E-state index is 0.0243. The molecule has 0 aliphatic heterocycles. The number of nitrogens with one attached hydrogen (secondary N) is 1. The van der Waals surface area contributed by atoms with Crippen LogP contribution in [-0.2, 0) is 17.4 Å². The van der Waals surface area contributed by atoms with Crippen molar-refractivity contribution in [1.82, 2.24) is 15.2 Å². The first-order valence-electron chi connectivity index (χ1n) is 7.45. The Kier molecular flexibility index (Phi) is 4.67. The lowest BCUT2D eigenvalue weighted by atomic mass is 10.0. The summed E-state index contributed by atoms with van der Waals surface area (Å²) >= 11 is 0. The highest BCUT2D eigenvalue weighted by atomic mass is 31.2. The summed E-state index contributed by atoms with van der Waals surface area (Å²) in [6.45, 7) is 0. The summed E-state index contributed by atoms with van der Waals surface area (Å²) in [5.41, 5.74) is 1.14. The second kappa shape index (κ2) is 6.76. The van der Waals surface area contributed by atoms with Crippen LogP contribution in [0.5, 0.6) is 5.88 Å². The van der Waals surface area contributed by atoms with Crippen LogP contribution in [0.15, 0.2) is 41.3 Å². The highest BCUT2D eigenvalue weighted by molar-refractivity contribution is 7.60. The fourth-order valence-corrected chi connectivity index (χ4v) is 3.12. The van der Waals surface area contributed by atoms with Crippen LogP contribution >= 0.6 is 7.60 Å². The number of hydrogen-bond acceptors (Lipinski definition) is 5. The lowest BCUT2D eigenvalue weighted by Crippen LogP contribution is -2.12. The van der Waals surface area contributed by atoms with Crippen LogP contribution in [0.1, 0.15) is 11.3 Å². The molecule has 2 aromatic heterocycles. The Balaban J connectivity index is 1.90. The van der Waals surface area contributed by atoms with E-state index in [1.165, 1.54) is 19.2 Å². The molecule has 0 unspecified atom stereocenters. The van der Waals surface area contributed by atoms with Gasteiger partial charge in [0.1, 0.15) is 0 Å². The number of benzene rings is 1. The van der Waals surface area contributed by atoms with Gasteiger partial charge in [0.15, 0.2) is 0 Å². The van der Waals surface area contributed by atoms with E-state index in [4.69, 9.17) is 14.5 Å². The number of aromatic amines is 1. The minimum atomic E-state index is -4.25. The molecule has 0 bridgehead atoms. The SMILES string of the molecule is COc1cc2cn[nH]c(=O)c2c(CCc2ccc(P(=O)(O)O)cc2)n1. The summed E-state index contributed by atoms with van der Waals surface area (Å²) < 4.78 is 16.4. The van der Waals surface area contributed by atoms with Crippen molar-refractivity contribution in [2.24, 2.45) is 0 Å². The van der Waals surface area contributed by atoms with Crippen LogP contribution in [0.2, 0.25) is 0 Å². The molecule has 0 saturated carbocycles. The van der Waals surface area contributed by atoms with E-state index in [9.17, 15) is 9.36 Å². The van der Waals surface area contributed by atoms with Crippen LogP contribution in [0.4, 0.5) is 0 Å². The second-order valence-corrected chi connectivity index (χ2v) is 7.09. The summed E-state index contributed by atoms with van der Waals surface area (Å²) in [5.74, 6) is 0.395. The number of hydrogen-bond donors (Lipinski definition) is 3. The van der Waals surface area contributed by atoms with Gasteiger partial charge >= 0.3 is 7.60 Å². The van der Waals surface area contributed by atoms with Crippen LogP contribution in [-0.4, -0.2) is 32.1 Å². The maximum atomic E-state index is 12.1. The zero-order valence-corrected chi connectivity index (χ0v) is 14.2. The molecule has 2 heterocycles. The minimum Gasteiger partial charge on any atom is -0.481 e. The van der Waals surface area contributed by atoms with E-state index in [-0.39, 0.29) is 10.9 Å². The van der Waals surface area contributed by atoms with E-state index in [0.717, 1.165) is 5.56 Å². The zero-order valence-electron chi connectivity index (χ0n) is 13.3. The molecule has 0 amide bonds. The van der Waals surface area contributed by atoms with Crippen LogP contribution < -0.4 is 15.6 Å². The van der Waals surface area contributed by atoms with E-state index in [0.29, 0.717) is 35.2 Å². The normalized spacial score (nSPS) is 11.6. The number of methoxy groups -OCH3 is 1. The smallest absolute Gasteiger partial charge is 0.356 e. The maximum absolute atomic E-state index is 12.1. The molecule has 9 heteroatoms. The number of H-pyrrole nitrogens is 1. The van der Waals surface area contributed by atoms with Crippen molar-refractivity contribution in [3.63, 3.8) is 0 Å². The summed E-state index contributed by atoms with van der Waals surface area (Å²) in [4.78, 5) is 34.7. The molecule has 3 aromatic rings. The first kappa shape index (κ1) is 17.3. The number of fused-ring (bicyclic) bond motifs is 1. The molecule has 25 heavy (non-hydrogen) atoms. The lowest BCUT2D eigenvalue weighted by Gasteiger charge is -2.09. The fraction of sp³-hybridized carbons (Fsp3) is 0.188. The van der Waals surface area contributed by atoms with Gasteiger partial charge in [-0.2, -0.15) is 5.10 Å². The number of ether oxygens (including phenoxy) is 1. The van der Waals surface area contributed by atoms with Gasteiger partial charge in [-0.05, 0) is 30.5 Å². The first-order valence-corrected chi connectivity index (χ1v) is 9.06. The molecule has 0 aliphatic rings. The molecule has 0 fully saturated rings. The Morgan fingerprint density at radius 2 is 1.92 bits per heavy atom. The Hall–Kier alpha value is -2.54. The third-order valence-electron chi connectivity index (χ3n) is 3.83. The lowest BCUT2D eigenvalue weighted by molar-refractivity contribution is 0.387. The van der Waals surface area contributed by atoms with Gasteiger partial charge in [-0.25, -0.2) is 10.1 Å². The monoisotopic (exact) mass is 361 g/mol. The van der Waals surface area contributed by atoms with Gasteiger partial charge in [0.05, 0.1) is 29.7 Å². The van der Waals surface area contributed by atoms with Crippen molar-refractivity contribution in [2.45, 2.75) is 12.8 Å². The largest absolute Gasteiger partial charge is 0.481 e. The Morgan fingerprint density at radius 1 is 1.20 bits per heavy atom. The van der Waals surface area contributed by atoms with E-state index in [1.54, 1.807) is 24.4 Å². The molecule has 0 spiro atoms. The maximum Gasteiger partial charge on any atom is 0.356 e. The molecule has 3 rings (SSSR count). The summed E-state index contributed by atoms with van der Waals surface area (Å²) in [6.07, 6.45) is 2.56. The van der Waals surface area contributed by atoms with Gasteiger partial charge in [0, 0.05) is 11.5 Å². The molecule has 3 N–H and O–H groups in total. The predicted molar refractivity (Wildman–Crippen MR) is 92.2 cm³/mol. The average Bonchev–Trinajstić information content (AvgIpc) is 2.59. The van der Waals surface area contributed by atoms with E-state index < -0.39 is 7.60 Å². The third-order valence-corrected chi connectivity index (χ3v) is 4.80. The van der Waals surface area contributed by atoms with E-state index >= 15 is 0 Å². The quantitative estimate of drug-likeness (QED) is 0.577. The van der Waals surface area contributed by atoms with Gasteiger partial charge in [0.2, 0.25) is 5.88 Å². The van der Waals surface area contributed by atoms with Crippen LogP contribution in [0, 0.1) is 0 Å². The molecule has 130 valence electrons. The average molecular weight is 361 g/mol. The number of aromatic nitrogens is 3. The molecule has 1 aromatic carbocycles. The third kappa shape index (κ3) is 3.76. The molecule has 0 saturated heterocycles. The van der Waals surface area contributed by atoms with Crippen molar-refractivity contribution in [3.05, 3.63) is 58.1 Å². The van der Waals surface area contributed by atoms with Crippen molar-refractivity contribution >= 4 is 23.7 Å². The van der Waals surface area contributed by atoms with Crippen molar-refractivity contribution in [1.29, 1.82) is 0 Å². The molecule has 0 aliphatic carbocycles. The molecule has 8 nitrogen and oxygen atoms in total. The summed E-state index contributed by atoms with van der Waals surface area (Å²) in [5, 5.41) is 7.26. The van der Waals surface area contributed by atoms with Gasteiger partial charge in [-0.3, -0.25) is 9.36 Å². The van der Waals surface area contributed by atoms with Crippen molar-refractivity contribution in [3.8, 4) is 5.88 Å². The standard InChI is InChI=1S/C16H16N3O5P/c1-24-14-8-11-9-17-19-16(20)15(11)13(18-14)7-4-10-2-5-12(6-3-10)25(21,22)23/h2-3,5-6,8-9H,4,7H2,1H3,(H,19,20)(H2,21,22,23). The number of rotatable bonds is 5. The Bertz CT molecular complexity index is 1010. The first-order chi connectivity index (χ1) is 11.9. The van der Waals surface area contributed by atoms with Gasteiger partial charge in [0.25, 0.3) is 5.56 Å². The molecular weight excluding hydrogens is 345 g/mol. The highest BCUT2D eigenvalue weighted by Gasteiger charge is 2.16. The fourth-order valence-electron chi connectivity index (χ4n) is 2.58. The van der Waals surface area contributed by atoms with Crippen molar-refractivity contribution in [2.75, 3.05) is 7.11 Å². The van der Waals surface area contributed by atoms with Gasteiger partial charge in [-0.1, -0.05) is 12.1 Å². The van der Waals surface area contributed by atoms with E-state index in [2.05, 4.69) is 15.2 Å². The Labute approximate surface area is 142 Å². The highest BCUT2D eigenvalue weighted by Crippen LogP contribution is 2.32. The molecule has 0 radical (unpaired) electrons.